The number of aliphatic carboxylic acids is 2. The molecule has 0 aromatic carbocycles. The smallest absolute Gasteiger partial charge is 0.870 e. The van der Waals surface area contributed by atoms with Crippen molar-refractivity contribution < 1.29 is 25.3 Å². The van der Waals surface area contributed by atoms with Gasteiger partial charge in [0.05, 0.1) is 0 Å². The van der Waals surface area contributed by atoms with Gasteiger partial charge in [0.15, 0.2) is 0 Å². The molecular weight excluding hydrogens is 294 g/mol. The summed E-state index contributed by atoms with van der Waals surface area (Å²) in [6, 6.07) is 0. The van der Waals surface area contributed by atoms with Crippen LogP contribution in [0, 0.1) is 11.8 Å². The van der Waals surface area contributed by atoms with Gasteiger partial charge in [0, 0.05) is 11.9 Å². The summed E-state index contributed by atoms with van der Waals surface area (Å²) >= 11 is 0. The van der Waals surface area contributed by atoms with Gasteiger partial charge in [-0.1, -0.05) is 25.7 Å². The molecule has 2 saturated carbocycles. The molecule has 2 rings (SSSR count). The zero-order chi connectivity index (χ0) is 12.0. The Labute approximate surface area is 120 Å². The predicted molar refractivity (Wildman–Crippen MR) is 61.6 cm³/mol. The second-order valence-corrected chi connectivity index (χ2v) is 4.71. The van der Waals surface area contributed by atoms with Gasteiger partial charge in [-0.2, -0.15) is 0 Å². The van der Waals surface area contributed by atoms with Gasteiger partial charge in [0.2, 0.25) is 0 Å². The number of carbonyl (C=O) groups excluding carboxylic acids is 2. The van der Waals surface area contributed by atoms with Crippen molar-refractivity contribution in [2.45, 2.75) is 51.4 Å². The normalized spacial score (nSPS) is 16.4. The largest absolute Gasteiger partial charge is 3.00 e. The minimum Gasteiger partial charge on any atom is -0.870 e. The molecule has 0 unspecified atom stereocenters. The van der Waals surface area contributed by atoms with E-state index in [9.17, 15) is 19.8 Å². The van der Waals surface area contributed by atoms with Gasteiger partial charge in [-0.3, -0.25) is 0 Å². The Balaban J connectivity index is 0. The van der Waals surface area contributed by atoms with E-state index < -0.39 is 11.9 Å². The number of carboxylic acids is 2. The van der Waals surface area contributed by atoms with Gasteiger partial charge < -0.3 is 25.3 Å². The Morgan fingerprint density at radius 2 is 1.11 bits per heavy atom. The monoisotopic (exact) mass is 312 g/mol. The van der Waals surface area contributed by atoms with Gasteiger partial charge >= 0.3 is 19.8 Å². The molecule has 0 atom stereocenters. The van der Waals surface area contributed by atoms with E-state index in [-0.39, 0.29) is 38.1 Å². The molecule has 100 valence electrons. The van der Waals surface area contributed by atoms with E-state index >= 15 is 0 Å². The average molecular weight is 313 g/mol. The van der Waals surface area contributed by atoms with E-state index in [1.165, 1.54) is 25.7 Å². The fraction of sp³-hybridized carbons (Fsp3) is 0.833. The first-order valence-electron chi connectivity index (χ1n) is 5.97. The van der Waals surface area contributed by atoms with Crippen LogP contribution >= 0.6 is 0 Å². The van der Waals surface area contributed by atoms with E-state index in [1.807, 2.05) is 0 Å². The van der Waals surface area contributed by atoms with Crippen molar-refractivity contribution in [1.82, 2.24) is 0 Å². The molecule has 0 spiro atoms. The van der Waals surface area contributed by atoms with Crippen LogP contribution in [0.3, 0.4) is 0 Å². The van der Waals surface area contributed by atoms with Gasteiger partial charge in [-0.15, -0.1) is 0 Å². The molecule has 0 radical (unpaired) electrons. The summed E-state index contributed by atoms with van der Waals surface area (Å²) in [5.41, 5.74) is 0. The summed E-state index contributed by atoms with van der Waals surface area (Å²) in [4.78, 5) is 19.6. The van der Waals surface area contributed by atoms with Crippen LogP contribution in [0.4, 0.5) is 0 Å². The van der Waals surface area contributed by atoms with Crippen molar-refractivity contribution in [2.75, 3.05) is 0 Å². The molecule has 1 N–H and O–H groups in total. The third-order valence-electron chi connectivity index (χ3n) is 2.91. The second kappa shape index (κ2) is 10.5. The van der Waals surface area contributed by atoms with Crippen molar-refractivity contribution in [2.24, 2.45) is 11.8 Å². The van der Waals surface area contributed by atoms with Crippen molar-refractivity contribution >= 4 is 31.7 Å². The Kier molecular flexibility index (Phi) is 11.5. The van der Waals surface area contributed by atoms with Crippen LogP contribution in [0.5, 0.6) is 0 Å². The fourth-order valence-electron chi connectivity index (χ4n) is 1.46. The molecule has 0 aromatic heterocycles. The molecular formula is C12H19GaO5. The van der Waals surface area contributed by atoms with Gasteiger partial charge in [-0.25, -0.2) is 0 Å². The van der Waals surface area contributed by atoms with Gasteiger partial charge in [0.25, 0.3) is 0 Å². The average Bonchev–Trinajstić information content (AvgIpc) is 3.06. The summed E-state index contributed by atoms with van der Waals surface area (Å²) in [6.45, 7) is 0. The SMILES string of the molecule is O=C([O-])CCC1CC1.O=C([O-])CCC1CC1.[Ga+3].[OH-]. The van der Waals surface area contributed by atoms with Crippen LogP contribution < -0.4 is 10.2 Å². The summed E-state index contributed by atoms with van der Waals surface area (Å²) in [5, 5.41) is 19.6. The maximum atomic E-state index is 9.82. The van der Waals surface area contributed by atoms with Gasteiger partial charge in [0.1, 0.15) is 0 Å². The maximum absolute atomic E-state index is 9.82. The van der Waals surface area contributed by atoms with Crippen molar-refractivity contribution in [3.8, 4) is 0 Å². The Bertz CT molecular complexity index is 223. The quantitative estimate of drug-likeness (QED) is 0.602. The van der Waals surface area contributed by atoms with Crippen LogP contribution in [-0.4, -0.2) is 37.2 Å². The molecule has 0 bridgehead atoms. The summed E-state index contributed by atoms with van der Waals surface area (Å²) in [7, 11) is 0. The number of carboxylic acid groups (broad SMARTS) is 2. The first kappa shape index (κ1) is 19.9. The number of hydrogen-bond acceptors (Lipinski definition) is 5. The molecule has 0 heterocycles. The summed E-state index contributed by atoms with van der Waals surface area (Å²) in [5.74, 6) is -0.380. The minimum atomic E-state index is -0.906. The molecule has 0 saturated heterocycles. The van der Waals surface area contributed by atoms with Crippen molar-refractivity contribution in [1.29, 1.82) is 0 Å². The van der Waals surface area contributed by atoms with Crippen molar-refractivity contribution in [3.63, 3.8) is 0 Å². The van der Waals surface area contributed by atoms with Crippen LogP contribution in [0.15, 0.2) is 0 Å². The molecule has 0 amide bonds. The first-order valence-corrected chi connectivity index (χ1v) is 5.97. The zero-order valence-corrected chi connectivity index (χ0v) is 12.9. The molecule has 2 aliphatic carbocycles. The molecule has 2 aliphatic rings. The molecule has 2 fully saturated rings. The third kappa shape index (κ3) is 13.6. The fourth-order valence-corrected chi connectivity index (χ4v) is 1.46. The van der Waals surface area contributed by atoms with Crippen LogP contribution in [0.1, 0.15) is 51.4 Å². The maximum Gasteiger partial charge on any atom is 3.00 e. The van der Waals surface area contributed by atoms with E-state index in [0.717, 1.165) is 12.8 Å². The molecule has 18 heavy (non-hydrogen) atoms. The number of rotatable bonds is 6. The molecule has 6 heteroatoms. The first-order chi connectivity index (χ1) is 7.58. The minimum absolute atomic E-state index is 0. The Hall–Kier alpha value is -0.464. The summed E-state index contributed by atoms with van der Waals surface area (Å²) < 4.78 is 0. The molecule has 0 aliphatic heterocycles. The number of hydrogen-bond donors (Lipinski definition) is 0. The zero-order valence-electron chi connectivity index (χ0n) is 10.5. The van der Waals surface area contributed by atoms with E-state index in [2.05, 4.69) is 0 Å². The van der Waals surface area contributed by atoms with Crippen molar-refractivity contribution in [3.05, 3.63) is 0 Å². The molecule has 0 aromatic rings. The Morgan fingerprint density at radius 1 is 0.833 bits per heavy atom. The van der Waals surface area contributed by atoms with Crippen LogP contribution in [-0.2, 0) is 9.59 Å². The summed E-state index contributed by atoms with van der Waals surface area (Å²) in [6.07, 6.45) is 7.10. The van der Waals surface area contributed by atoms with E-state index in [0.29, 0.717) is 11.8 Å². The molecule has 5 nitrogen and oxygen atoms in total. The van der Waals surface area contributed by atoms with Crippen LogP contribution in [0.2, 0.25) is 0 Å². The standard InChI is InChI=1S/2C6H10O2.Ga.H2O/c2*7-6(8)4-3-5-1-2-5;;/h2*5H,1-4H2,(H,7,8);;1H2/q;;+3;/p-3. The van der Waals surface area contributed by atoms with Gasteiger partial charge in [-0.05, 0) is 37.5 Å². The van der Waals surface area contributed by atoms with E-state index in [4.69, 9.17) is 0 Å². The predicted octanol–water partition coefficient (Wildman–Crippen LogP) is -0.705. The van der Waals surface area contributed by atoms with Crippen LogP contribution in [0.25, 0.3) is 0 Å². The topological polar surface area (TPSA) is 110 Å². The second-order valence-electron chi connectivity index (χ2n) is 4.71. The Morgan fingerprint density at radius 3 is 1.28 bits per heavy atom. The number of carbonyl (C=O) groups is 2. The van der Waals surface area contributed by atoms with E-state index in [1.54, 1.807) is 0 Å². The third-order valence-corrected chi connectivity index (χ3v) is 2.91.